The Morgan fingerprint density at radius 3 is 2.86 bits per heavy atom. The third kappa shape index (κ3) is 2.79. The van der Waals surface area contributed by atoms with Gasteiger partial charge >= 0.3 is 0 Å². The highest BCUT2D eigenvalue weighted by molar-refractivity contribution is 5.87. The molecule has 106 valence electrons. The molecule has 21 heavy (non-hydrogen) atoms. The van der Waals surface area contributed by atoms with Crippen molar-refractivity contribution in [1.82, 2.24) is 0 Å². The van der Waals surface area contributed by atoms with E-state index < -0.39 is 0 Å². The highest BCUT2D eigenvalue weighted by atomic mass is 16.5. The van der Waals surface area contributed by atoms with Gasteiger partial charge in [0, 0.05) is 11.1 Å². The Kier molecular flexibility index (Phi) is 3.69. The van der Waals surface area contributed by atoms with Gasteiger partial charge in [-0.25, -0.2) is 4.99 Å². The summed E-state index contributed by atoms with van der Waals surface area (Å²) >= 11 is 0. The van der Waals surface area contributed by atoms with Crippen molar-refractivity contribution >= 4 is 17.9 Å². The van der Waals surface area contributed by atoms with E-state index in [-0.39, 0.29) is 0 Å². The van der Waals surface area contributed by atoms with Gasteiger partial charge in [0.15, 0.2) is 5.90 Å². The molecule has 0 fully saturated rings. The molecule has 0 aromatic heterocycles. The van der Waals surface area contributed by atoms with Crippen LogP contribution in [0.4, 0.5) is 5.69 Å². The van der Waals surface area contributed by atoms with E-state index in [1.54, 1.807) is 19.2 Å². The Bertz CT molecular complexity index is 707. The number of carbonyl (C=O) groups is 1. The summed E-state index contributed by atoms with van der Waals surface area (Å²) in [5.41, 5.74) is 3.62. The van der Waals surface area contributed by atoms with Crippen LogP contribution in [0.25, 0.3) is 0 Å². The molecular formula is C17H15NO3. The Morgan fingerprint density at radius 1 is 1.24 bits per heavy atom. The maximum absolute atomic E-state index is 10.8. The molecule has 4 heteroatoms. The molecule has 0 N–H and O–H groups in total. The van der Waals surface area contributed by atoms with Gasteiger partial charge in [-0.05, 0) is 17.7 Å². The van der Waals surface area contributed by atoms with Crippen LogP contribution in [0.3, 0.4) is 0 Å². The first-order valence-corrected chi connectivity index (χ1v) is 6.70. The zero-order valence-corrected chi connectivity index (χ0v) is 11.7. The number of benzene rings is 2. The van der Waals surface area contributed by atoms with Crippen LogP contribution < -0.4 is 4.74 Å². The smallest absolute Gasteiger partial charge is 0.193 e. The van der Waals surface area contributed by atoms with Gasteiger partial charge in [-0.3, -0.25) is 4.79 Å². The quantitative estimate of drug-likeness (QED) is 0.808. The van der Waals surface area contributed by atoms with Gasteiger partial charge in [0.25, 0.3) is 0 Å². The van der Waals surface area contributed by atoms with Crippen molar-refractivity contribution in [2.75, 3.05) is 7.11 Å². The zero-order chi connectivity index (χ0) is 14.7. The fourth-order valence-electron chi connectivity index (χ4n) is 2.30. The second kappa shape index (κ2) is 5.79. The van der Waals surface area contributed by atoms with E-state index in [2.05, 4.69) is 11.1 Å². The number of carbonyl (C=O) groups excluding carboxylic acids is 1. The Balaban J connectivity index is 1.71. The summed E-state index contributed by atoms with van der Waals surface area (Å²) in [6.45, 7) is 0.370. The summed E-state index contributed by atoms with van der Waals surface area (Å²) in [5, 5.41) is 0. The topological polar surface area (TPSA) is 47.9 Å². The molecule has 0 saturated carbocycles. The number of methoxy groups -OCH3 is 1. The molecule has 0 amide bonds. The number of hydrogen-bond donors (Lipinski definition) is 0. The molecule has 0 unspecified atom stereocenters. The van der Waals surface area contributed by atoms with Crippen LogP contribution in [-0.4, -0.2) is 19.3 Å². The van der Waals surface area contributed by atoms with Crippen molar-refractivity contribution in [1.29, 1.82) is 0 Å². The highest BCUT2D eigenvalue weighted by Crippen LogP contribution is 2.27. The van der Waals surface area contributed by atoms with Crippen LogP contribution in [0.1, 0.15) is 21.5 Å². The van der Waals surface area contributed by atoms with Crippen LogP contribution >= 0.6 is 0 Å². The van der Waals surface area contributed by atoms with E-state index in [0.29, 0.717) is 30.2 Å². The third-order valence-corrected chi connectivity index (χ3v) is 3.42. The normalized spacial score (nSPS) is 12.5. The molecule has 1 heterocycles. The lowest BCUT2D eigenvalue weighted by Gasteiger charge is -2.10. The van der Waals surface area contributed by atoms with E-state index >= 15 is 0 Å². The van der Waals surface area contributed by atoms with E-state index in [4.69, 9.17) is 9.47 Å². The first-order chi connectivity index (χ1) is 10.3. The first-order valence-electron chi connectivity index (χ1n) is 6.70. The third-order valence-electron chi connectivity index (χ3n) is 3.42. The zero-order valence-electron chi connectivity index (χ0n) is 11.7. The predicted octanol–water partition coefficient (Wildman–Crippen LogP) is 3.31. The average molecular weight is 281 g/mol. The van der Waals surface area contributed by atoms with Gasteiger partial charge in [0.1, 0.15) is 18.6 Å². The van der Waals surface area contributed by atoms with Gasteiger partial charge in [0.2, 0.25) is 0 Å². The lowest BCUT2D eigenvalue weighted by atomic mass is 10.1. The number of hydrogen-bond acceptors (Lipinski definition) is 4. The van der Waals surface area contributed by atoms with Crippen LogP contribution in [0, 0.1) is 0 Å². The van der Waals surface area contributed by atoms with Crippen LogP contribution in [0.2, 0.25) is 0 Å². The van der Waals surface area contributed by atoms with Crippen LogP contribution in [0.15, 0.2) is 47.5 Å². The summed E-state index contributed by atoms with van der Waals surface area (Å²) in [6.07, 6.45) is 1.51. The van der Waals surface area contributed by atoms with Crippen molar-refractivity contribution < 1.29 is 14.3 Å². The van der Waals surface area contributed by atoms with Crippen molar-refractivity contribution in [2.24, 2.45) is 4.99 Å². The molecule has 0 radical (unpaired) electrons. The van der Waals surface area contributed by atoms with Gasteiger partial charge in [-0.1, -0.05) is 30.3 Å². The SMILES string of the molecule is COc1cc(C=O)ccc1COC1=Nc2ccccc2C1. The molecule has 1 aliphatic heterocycles. The summed E-state index contributed by atoms with van der Waals surface area (Å²) in [6, 6.07) is 13.3. The highest BCUT2D eigenvalue weighted by Gasteiger charge is 2.15. The molecule has 0 aliphatic carbocycles. The van der Waals surface area contributed by atoms with Crippen LogP contribution in [-0.2, 0) is 17.8 Å². The largest absolute Gasteiger partial charge is 0.496 e. The maximum atomic E-state index is 10.8. The summed E-state index contributed by atoms with van der Waals surface area (Å²) in [5.74, 6) is 1.36. The second-order valence-corrected chi connectivity index (χ2v) is 4.79. The lowest BCUT2D eigenvalue weighted by Crippen LogP contribution is -2.05. The van der Waals surface area contributed by atoms with Crippen molar-refractivity contribution in [3.05, 3.63) is 59.2 Å². The first kappa shape index (κ1) is 13.4. The summed E-state index contributed by atoms with van der Waals surface area (Å²) < 4.78 is 11.1. The molecule has 3 rings (SSSR count). The number of aldehydes is 1. The molecule has 0 spiro atoms. The Morgan fingerprint density at radius 2 is 2.10 bits per heavy atom. The fraction of sp³-hybridized carbons (Fsp3) is 0.176. The number of ether oxygens (including phenoxy) is 2. The summed E-state index contributed by atoms with van der Waals surface area (Å²) in [7, 11) is 1.58. The minimum Gasteiger partial charge on any atom is -0.496 e. The minimum absolute atomic E-state index is 0.370. The molecule has 2 aromatic rings. The van der Waals surface area contributed by atoms with Crippen molar-refractivity contribution in [3.63, 3.8) is 0 Å². The minimum atomic E-state index is 0.370. The second-order valence-electron chi connectivity index (χ2n) is 4.79. The standard InChI is InChI=1S/C17H15NO3/c1-20-16-8-12(10-19)6-7-14(16)11-21-17-9-13-4-2-3-5-15(13)18-17/h2-8,10H,9,11H2,1H3. The fourth-order valence-corrected chi connectivity index (χ4v) is 2.30. The van der Waals surface area contributed by atoms with Gasteiger partial charge in [-0.15, -0.1) is 0 Å². The molecule has 4 nitrogen and oxygen atoms in total. The molecular weight excluding hydrogens is 266 g/mol. The van der Waals surface area contributed by atoms with E-state index in [1.165, 1.54) is 5.56 Å². The van der Waals surface area contributed by atoms with Gasteiger partial charge < -0.3 is 9.47 Å². The number of fused-ring (bicyclic) bond motifs is 1. The number of aliphatic imine (C=N–C) groups is 1. The van der Waals surface area contributed by atoms with Crippen LogP contribution in [0.5, 0.6) is 5.75 Å². The van der Waals surface area contributed by atoms with E-state index in [0.717, 1.165) is 17.5 Å². The number of rotatable bonds is 4. The van der Waals surface area contributed by atoms with E-state index in [9.17, 15) is 4.79 Å². The molecule has 0 saturated heterocycles. The number of nitrogens with zero attached hydrogens (tertiary/aromatic N) is 1. The van der Waals surface area contributed by atoms with Gasteiger partial charge in [-0.2, -0.15) is 0 Å². The predicted molar refractivity (Wildman–Crippen MR) is 80.4 cm³/mol. The lowest BCUT2D eigenvalue weighted by molar-refractivity contribution is 0.112. The Labute approximate surface area is 123 Å². The average Bonchev–Trinajstić information content (AvgIpc) is 2.95. The number of para-hydroxylation sites is 1. The maximum Gasteiger partial charge on any atom is 0.193 e. The van der Waals surface area contributed by atoms with E-state index in [1.807, 2.05) is 24.3 Å². The molecule has 0 atom stereocenters. The molecule has 1 aliphatic rings. The molecule has 2 aromatic carbocycles. The van der Waals surface area contributed by atoms with Crippen molar-refractivity contribution in [3.8, 4) is 5.75 Å². The monoisotopic (exact) mass is 281 g/mol. The Hall–Kier alpha value is -2.62. The van der Waals surface area contributed by atoms with Gasteiger partial charge in [0.05, 0.1) is 19.2 Å². The summed E-state index contributed by atoms with van der Waals surface area (Å²) in [4.78, 5) is 15.2. The van der Waals surface area contributed by atoms with Crippen molar-refractivity contribution in [2.45, 2.75) is 13.0 Å². The molecule has 0 bridgehead atoms.